The number of piperidine rings is 2. The Morgan fingerprint density at radius 3 is 2.12 bits per heavy atom. The molecule has 0 radical (unpaired) electrons. The number of benzene rings is 1. The van der Waals surface area contributed by atoms with Crippen molar-refractivity contribution in [2.24, 2.45) is 5.92 Å². The molecule has 0 spiro atoms. The molecule has 0 unspecified atom stereocenters. The standard InChI is InChI=1S/C25H38N4O2S/c1-2-26-16-18-29(19-17-26)25(31)21-8-12-27(13-9-21)22-10-14-28(15-11-22)24(30)20-32-23-6-4-3-5-7-23/h3-7,21-22H,2,8-20H2,1H3. The SMILES string of the molecule is CCN1CCN(C(=O)C2CCN(C3CCN(C(=O)CSc4ccccc4)CC3)CC2)CC1. The molecule has 7 heteroatoms. The number of likely N-dealkylation sites (tertiary alicyclic amines) is 2. The monoisotopic (exact) mass is 458 g/mol. The van der Waals surface area contributed by atoms with E-state index in [4.69, 9.17) is 0 Å². The predicted octanol–water partition coefficient (Wildman–Crippen LogP) is 2.65. The molecule has 3 fully saturated rings. The van der Waals surface area contributed by atoms with Crippen molar-refractivity contribution in [1.82, 2.24) is 19.6 Å². The Morgan fingerprint density at radius 2 is 1.50 bits per heavy atom. The summed E-state index contributed by atoms with van der Waals surface area (Å²) in [7, 11) is 0. The number of rotatable bonds is 6. The lowest BCUT2D eigenvalue weighted by Crippen LogP contribution is -2.53. The fourth-order valence-corrected chi connectivity index (χ4v) is 6.11. The summed E-state index contributed by atoms with van der Waals surface area (Å²) < 4.78 is 0. The second-order valence-corrected chi connectivity index (χ2v) is 10.3. The topological polar surface area (TPSA) is 47.1 Å². The minimum atomic E-state index is 0.205. The van der Waals surface area contributed by atoms with Gasteiger partial charge in [-0.1, -0.05) is 25.1 Å². The molecule has 3 aliphatic heterocycles. The first-order valence-corrected chi connectivity index (χ1v) is 13.3. The van der Waals surface area contributed by atoms with E-state index in [-0.39, 0.29) is 11.8 Å². The Balaban J connectivity index is 1.15. The van der Waals surface area contributed by atoms with Crippen LogP contribution in [0.3, 0.4) is 0 Å². The summed E-state index contributed by atoms with van der Waals surface area (Å²) in [5.74, 6) is 1.37. The Kier molecular flexibility index (Phi) is 8.49. The van der Waals surface area contributed by atoms with Gasteiger partial charge < -0.3 is 19.6 Å². The second kappa shape index (κ2) is 11.5. The van der Waals surface area contributed by atoms with Crippen LogP contribution in [-0.2, 0) is 9.59 Å². The molecule has 176 valence electrons. The van der Waals surface area contributed by atoms with Gasteiger partial charge >= 0.3 is 0 Å². The number of nitrogens with zero attached hydrogens (tertiary/aromatic N) is 4. The average molecular weight is 459 g/mol. The molecule has 0 bridgehead atoms. The molecule has 0 aromatic heterocycles. The van der Waals surface area contributed by atoms with Gasteiger partial charge in [-0.15, -0.1) is 11.8 Å². The lowest BCUT2D eigenvalue weighted by atomic mass is 9.92. The molecule has 4 rings (SSSR count). The minimum Gasteiger partial charge on any atom is -0.342 e. The molecule has 32 heavy (non-hydrogen) atoms. The quantitative estimate of drug-likeness (QED) is 0.614. The molecule has 1 aromatic carbocycles. The van der Waals surface area contributed by atoms with Crippen molar-refractivity contribution in [1.29, 1.82) is 0 Å². The van der Waals surface area contributed by atoms with E-state index in [1.165, 1.54) is 0 Å². The van der Waals surface area contributed by atoms with E-state index in [1.807, 2.05) is 23.1 Å². The Hall–Kier alpha value is -1.57. The Bertz CT molecular complexity index is 738. The van der Waals surface area contributed by atoms with Crippen LogP contribution in [0.25, 0.3) is 0 Å². The van der Waals surface area contributed by atoms with Gasteiger partial charge in [-0.05, 0) is 57.5 Å². The van der Waals surface area contributed by atoms with Crippen molar-refractivity contribution in [2.75, 3.05) is 64.7 Å². The highest BCUT2D eigenvalue weighted by atomic mass is 32.2. The highest BCUT2D eigenvalue weighted by Crippen LogP contribution is 2.26. The van der Waals surface area contributed by atoms with Crippen molar-refractivity contribution in [3.8, 4) is 0 Å². The maximum Gasteiger partial charge on any atom is 0.232 e. The van der Waals surface area contributed by atoms with E-state index in [0.29, 0.717) is 17.7 Å². The number of amides is 2. The van der Waals surface area contributed by atoms with Crippen molar-refractivity contribution in [3.05, 3.63) is 30.3 Å². The smallest absolute Gasteiger partial charge is 0.232 e. The van der Waals surface area contributed by atoms with Gasteiger partial charge in [0.2, 0.25) is 11.8 Å². The Morgan fingerprint density at radius 1 is 0.844 bits per heavy atom. The van der Waals surface area contributed by atoms with Gasteiger partial charge in [-0.3, -0.25) is 9.59 Å². The van der Waals surface area contributed by atoms with Crippen molar-refractivity contribution >= 4 is 23.6 Å². The van der Waals surface area contributed by atoms with E-state index in [0.717, 1.165) is 89.5 Å². The molecule has 2 amide bonds. The van der Waals surface area contributed by atoms with Crippen LogP contribution in [0.15, 0.2) is 35.2 Å². The van der Waals surface area contributed by atoms with Crippen LogP contribution in [0, 0.1) is 5.92 Å². The third-order valence-corrected chi connectivity index (χ3v) is 8.45. The molecular formula is C25H38N4O2S. The van der Waals surface area contributed by atoms with Crippen molar-refractivity contribution in [3.63, 3.8) is 0 Å². The molecule has 3 aliphatic rings. The van der Waals surface area contributed by atoms with Crippen molar-refractivity contribution < 1.29 is 9.59 Å². The maximum absolute atomic E-state index is 13.0. The number of carbonyl (C=O) groups excluding carboxylic acids is 2. The summed E-state index contributed by atoms with van der Waals surface area (Å²) in [6, 6.07) is 10.7. The lowest BCUT2D eigenvalue weighted by Gasteiger charge is -2.42. The van der Waals surface area contributed by atoms with E-state index in [9.17, 15) is 9.59 Å². The van der Waals surface area contributed by atoms with Crippen molar-refractivity contribution in [2.45, 2.75) is 43.5 Å². The number of thioether (sulfide) groups is 1. The first-order chi connectivity index (χ1) is 15.6. The third kappa shape index (κ3) is 6.06. The first kappa shape index (κ1) is 23.6. The fraction of sp³-hybridized carbons (Fsp3) is 0.680. The number of likely N-dealkylation sites (N-methyl/N-ethyl adjacent to an activating group) is 1. The predicted molar refractivity (Wildman–Crippen MR) is 130 cm³/mol. The number of piperazine rings is 1. The van der Waals surface area contributed by atoms with Crippen LogP contribution in [0.1, 0.15) is 32.6 Å². The van der Waals surface area contributed by atoms with Crippen LogP contribution in [0.4, 0.5) is 0 Å². The molecule has 0 N–H and O–H groups in total. The Labute approximate surface area is 197 Å². The second-order valence-electron chi connectivity index (χ2n) is 9.28. The maximum atomic E-state index is 13.0. The van der Waals surface area contributed by atoms with Crippen LogP contribution >= 0.6 is 11.8 Å². The fourth-order valence-electron chi connectivity index (χ4n) is 5.29. The van der Waals surface area contributed by atoms with E-state index in [1.54, 1.807) is 11.8 Å². The zero-order valence-corrected chi connectivity index (χ0v) is 20.3. The molecule has 0 aliphatic carbocycles. The molecule has 1 aromatic rings. The summed E-state index contributed by atoms with van der Waals surface area (Å²) in [5.41, 5.74) is 0. The zero-order valence-electron chi connectivity index (χ0n) is 19.5. The normalized spacial score (nSPS) is 22.3. The van der Waals surface area contributed by atoms with E-state index >= 15 is 0 Å². The van der Waals surface area contributed by atoms with Crippen LogP contribution in [-0.4, -0.2) is 102 Å². The van der Waals surface area contributed by atoms with E-state index < -0.39 is 0 Å². The zero-order chi connectivity index (χ0) is 22.3. The van der Waals surface area contributed by atoms with Crippen LogP contribution in [0.5, 0.6) is 0 Å². The van der Waals surface area contributed by atoms with Gasteiger partial charge in [0.05, 0.1) is 5.75 Å². The number of hydrogen-bond donors (Lipinski definition) is 0. The van der Waals surface area contributed by atoms with Gasteiger partial charge in [0.1, 0.15) is 0 Å². The highest BCUT2D eigenvalue weighted by Gasteiger charge is 2.33. The van der Waals surface area contributed by atoms with Crippen LogP contribution in [0.2, 0.25) is 0 Å². The third-order valence-electron chi connectivity index (χ3n) is 7.45. The molecule has 3 heterocycles. The molecule has 3 saturated heterocycles. The summed E-state index contributed by atoms with van der Waals surface area (Å²) in [4.78, 5) is 35.9. The van der Waals surface area contributed by atoms with E-state index in [2.05, 4.69) is 33.8 Å². The molecule has 0 atom stereocenters. The lowest BCUT2D eigenvalue weighted by molar-refractivity contribution is -0.139. The largest absolute Gasteiger partial charge is 0.342 e. The molecular weight excluding hydrogens is 420 g/mol. The van der Waals surface area contributed by atoms with Gasteiger partial charge in [0, 0.05) is 56.1 Å². The van der Waals surface area contributed by atoms with Gasteiger partial charge in [0.25, 0.3) is 0 Å². The van der Waals surface area contributed by atoms with Gasteiger partial charge in [-0.25, -0.2) is 0 Å². The summed E-state index contributed by atoms with van der Waals surface area (Å²) in [6.07, 6.45) is 4.08. The number of carbonyl (C=O) groups is 2. The minimum absolute atomic E-state index is 0.205. The van der Waals surface area contributed by atoms with Crippen LogP contribution < -0.4 is 0 Å². The molecule has 0 saturated carbocycles. The summed E-state index contributed by atoms with van der Waals surface area (Å²) in [6.45, 7) is 10.8. The van der Waals surface area contributed by atoms with Gasteiger partial charge in [0.15, 0.2) is 0 Å². The summed E-state index contributed by atoms with van der Waals surface area (Å²) >= 11 is 1.63. The average Bonchev–Trinajstić information content (AvgIpc) is 2.88. The highest BCUT2D eigenvalue weighted by molar-refractivity contribution is 8.00. The van der Waals surface area contributed by atoms with Gasteiger partial charge in [-0.2, -0.15) is 0 Å². The summed E-state index contributed by atoms with van der Waals surface area (Å²) in [5, 5.41) is 0. The molecule has 6 nitrogen and oxygen atoms in total. The first-order valence-electron chi connectivity index (χ1n) is 12.3. The number of hydrogen-bond acceptors (Lipinski definition) is 5.